The normalized spacial score (nSPS) is 11.9. The third kappa shape index (κ3) is 7.38. The maximum absolute atomic E-state index is 12.3. The standard InChI is InChI=1S/C21H30O5/c1-5-25-19(22)9-7-8-16-10-12-17(13-11-16)14-18(20(23)15(3)4)21(24)26-6-2/h10-13,15,18H,5-9,14H2,1-4H3. The Hall–Kier alpha value is -2.17. The zero-order valence-corrected chi connectivity index (χ0v) is 16.2. The largest absolute Gasteiger partial charge is 0.466 e. The molecule has 0 N–H and O–H groups in total. The van der Waals surface area contributed by atoms with Gasteiger partial charge in [-0.15, -0.1) is 0 Å². The number of ketones is 1. The molecule has 0 spiro atoms. The summed E-state index contributed by atoms with van der Waals surface area (Å²) in [6.07, 6.45) is 2.27. The van der Waals surface area contributed by atoms with Crippen LogP contribution in [0.15, 0.2) is 24.3 Å². The topological polar surface area (TPSA) is 69.7 Å². The minimum atomic E-state index is -0.760. The quantitative estimate of drug-likeness (QED) is 0.445. The van der Waals surface area contributed by atoms with E-state index < -0.39 is 11.9 Å². The average molecular weight is 362 g/mol. The molecule has 0 aliphatic heterocycles. The second-order valence-electron chi connectivity index (χ2n) is 6.54. The van der Waals surface area contributed by atoms with Gasteiger partial charge in [-0.1, -0.05) is 38.1 Å². The van der Waals surface area contributed by atoms with Crippen LogP contribution in [-0.2, 0) is 36.7 Å². The van der Waals surface area contributed by atoms with E-state index in [1.807, 2.05) is 24.3 Å². The van der Waals surface area contributed by atoms with Gasteiger partial charge in [0.15, 0.2) is 0 Å². The first-order valence-electron chi connectivity index (χ1n) is 9.32. The second-order valence-corrected chi connectivity index (χ2v) is 6.54. The van der Waals surface area contributed by atoms with E-state index in [2.05, 4.69) is 0 Å². The molecule has 26 heavy (non-hydrogen) atoms. The molecule has 0 saturated carbocycles. The van der Waals surface area contributed by atoms with Gasteiger partial charge in [0.25, 0.3) is 0 Å². The minimum absolute atomic E-state index is 0.0954. The molecule has 1 unspecified atom stereocenters. The Balaban J connectivity index is 2.66. The molecule has 1 aromatic rings. The Morgan fingerprint density at radius 1 is 0.923 bits per heavy atom. The van der Waals surface area contributed by atoms with Gasteiger partial charge in [0, 0.05) is 12.3 Å². The molecule has 5 nitrogen and oxygen atoms in total. The van der Waals surface area contributed by atoms with Gasteiger partial charge in [-0.25, -0.2) is 0 Å². The van der Waals surface area contributed by atoms with Crippen molar-refractivity contribution >= 4 is 17.7 Å². The van der Waals surface area contributed by atoms with Crippen molar-refractivity contribution in [2.45, 2.75) is 53.4 Å². The highest BCUT2D eigenvalue weighted by molar-refractivity contribution is 6.00. The van der Waals surface area contributed by atoms with Crippen LogP contribution >= 0.6 is 0 Å². The zero-order chi connectivity index (χ0) is 19.5. The SMILES string of the molecule is CCOC(=O)CCCc1ccc(CC(C(=O)OCC)C(=O)C(C)C)cc1. The van der Waals surface area contributed by atoms with Crippen molar-refractivity contribution in [3.8, 4) is 0 Å². The Morgan fingerprint density at radius 3 is 2.04 bits per heavy atom. The van der Waals surface area contributed by atoms with E-state index in [0.29, 0.717) is 19.4 Å². The molecule has 0 aromatic heterocycles. The fraction of sp³-hybridized carbons (Fsp3) is 0.571. The van der Waals surface area contributed by atoms with E-state index in [-0.39, 0.29) is 24.3 Å². The van der Waals surface area contributed by atoms with Crippen LogP contribution in [0.5, 0.6) is 0 Å². The molecule has 0 radical (unpaired) electrons. The van der Waals surface area contributed by atoms with E-state index >= 15 is 0 Å². The number of Topliss-reactive ketones (excluding diaryl/α,β-unsaturated/α-hetero) is 1. The third-order valence-electron chi connectivity index (χ3n) is 4.10. The average Bonchev–Trinajstić information content (AvgIpc) is 2.60. The Labute approximate surface area is 156 Å². The van der Waals surface area contributed by atoms with Crippen molar-refractivity contribution in [3.63, 3.8) is 0 Å². The molecule has 0 heterocycles. The van der Waals surface area contributed by atoms with Crippen molar-refractivity contribution in [3.05, 3.63) is 35.4 Å². The summed E-state index contributed by atoms with van der Waals surface area (Å²) in [6.45, 7) is 7.79. The number of ether oxygens (including phenoxy) is 2. The summed E-state index contributed by atoms with van der Waals surface area (Å²) >= 11 is 0. The predicted octanol–water partition coefficient (Wildman–Crippen LogP) is 3.52. The number of hydrogen-bond acceptors (Lipinski definition) is 5. The van der Waals surface area contributed by atoms with Gasteiger partial charge in [0.2, 0.25) is 0 Å². The monoisotopic (exact) mass is 362 g/mol. The van der Waals surface area contributed by atoms with Crippen LogP contribution in [0, 0.1) is 11.8 Å². The summed E-state index contributed by atoms with van der Waals surface area (Å²) in [5, 5.41) is 0. The molecular weight excluding hydrogens is 332 g/mol. The van der Waals surface area contributed by atoms with E-state index in [0.717, 1.165) is 24.0 Å². The summed E-state index contributed by atoms with van der Waals surface area (Å²) in [5.41, 5.74) is 2.03. The molecule has 0 aliphatic rings. The fourth-order valence-electron chi connectivity index (χ4n) is 2.69. The first-order valence-corrected chi connectivity index (χ1v) is 9.32. The predicted molar refractivity (Wildman–Crippen MR) is 99.7 cm³/mol. The molecular formula is C21H30O5. The van der Waals surface area contributed by atoms with Crippen LogP contribution in [0.25, 0.3) is 0 Å². The molecule has 0 fully saturated rings. The molecule has 144 valence electrons. The molecule has 0 aliphatic carbocycles. The lowest BCUT2D eigenvalue weighted by Crippen LogP contribution is -2.31. The van der Waals surface area contributed by atoms with Crippen molar-refractivity contribution in [1.82, 2.24) is 0 Å². The number of rotatable bonds is 11. The van der Waals surface area contributed by atoms with E-state index in [1.54, 1.807) is 27.7 Å². The number of hydrogen-bond donors (Lipinski definition) is 0. The van der Waals surface area contributed by atoms with Gasteiger partial charge < -0.3 is 9.47 Å². The van der Waals surface area contributed by atoms with Crippen molar-refractivity contribution in [2.75, 3.05) is 13.2 Å². The maximum atomic E-state index is 12.3. The molecule has 5 heteroatoms. The van der Waals surface area contributed by atoms with Crippen molar-refractivity contribution in [1.29, 1.82) is 0 Å². The van der Waals surface area contributed by atoms with Crippen LogP contribution in [0.3, 0.4) is 0 Å². The molecule has 1 rings (SSSR count). The van der Waals surface area contributed by atoms with Crippen LogP contribution in [0.4, 0.5) is 0 Å². The number of esters is 2. The summed E-state index contributed by atoms with van der Waals surface area (Å²) < 4.78 is 9.98. The smallest absolute Gasteiger partial charge is 0.316 e. The lowest BCUT2D eigenvalue weighted by molar-refractivity contribution is -0.152. The Morgan fingerprint density at radius 2 is 1.50 bits per heavy atom. The van der Waals surface area contributed by atoms with Gasteiger partial charge in [-0.05, 0) is 44.2 Å². The number of aryl methyl sites for hydroxylation is 1. The second kappa shape index (κ2) is 11.4. The van der Waals surface area contributed by atoms with Crippen molar-refractivity contribution < 1.29 is 23.9 Å². The summed E-state index contributed by atoms with van der Waals surface area (Å²) in [7, 11) is 0. The minimum Gasteiger partial charge on any atom is -0.466 e. The van der Waals surface area contributed by atoms with Gasteiger partial charge >= 0.3 is 11.9 Å². The highest BCUT2D eigenvalue weighted by Crippen LogP contribution is 2.17. The van der Waals surface area contributed by atoms with Crippen LogP contribution in [0.1, 0.15) is 51.7 Å². The maximum Gasteiger partial charge on any atom is 0.316 e. The fourth-order valence-corrected chi connectivity index (χ4v) is 2.69. The number of carbonyl (C=O) groups excluding carboxylic acids is 3. The van der Waals surface area contributed by atoms with E-state index in [9.17, 15) is 14.4 Å². The molecule has 0 amide bonds. The van der Waals surface area contributed by atoms with Gasteiger partial charge in [0.1, 0.15) is 11.7 Å². The van der Waals surface area contributed by atoms with Crippen LogP contribution < -0.4 is 0 Å². The van der Waals surface area contributed by atoms with Crippen LogP contribution in [0.2, 0.25) is 0 Å². The number of benzene rings is 1. The molecule has 1 atom stereocenters. The van der Waals surface area contributed by atoms with Crippen LogP contribution in [-0.4, -0.2) is 30.9 Å². The lowest BCUT2D eigenvalue weighted by Gasteiger charge is -2.17. The summed E-state index contributed by atoms with van der Waals surface area (Å²) in [4.78, 5) is 35.8. The summed E-state index contributed by atoms with van der Waals surface area (Å²) in [5.74, 6) is -1.70. The molecule has 1 aromatic carbocycles. The van der Waals surface area contributed by atoms with Gasteiger partial charge in [-0.2, -0.15) is 0 Å². The first kappa shape index (κ1) is 21.9. The lowest BCUT2D eigenvalue weighted by atomic mass is 9.89. The van der Waals surface area contributed by atoms with Gasteiger partial charge in [0.05, 0.1) is 13.2 Å². The summed E-state index contributed by atoms with van der Waals surface area (Å²) in [6, 6.07) is 7.81. The van der Waals surface area contributed by atoms with E-state index in [4.69, 9.17) is 9.47 Å². The number of carbonyl (C=O) groups is 3. The first-order chi connectivity index (χ1) is 12.4. The highest BCUT2D eigenvalue weighted by Gasteiger charge is 2.29. The van der Waals surface area contributed by atoms with Gasteiger partial charge in [-0.3, -0.25) is 14.4 Å². The van der Waals surface area contributed by atoms with E-state index in [1.165, 1.54) is 0 Å². The Kier molecular flexibility index (Phi) is 9.63. The Bertz CT molecular complexity index is 589. The highest BCUT2D eigenvalue weighted by atomic mass is 16.5. The van der Waals surface area contributed by atoms with Crippen molar-refractivity contribution in [2.24, 2.45) is 11.8 Å². The zero-order valence-electron chi connectivity index (χ0n) is 16.2. The molecule has 0 saturated heterocycles. The molecule has 0 bridgehead atoms. The third-order valence-corrected chi connectivity index (χ3v) is 4.10.